The Bertz CT molecular complexity index is 461. The maximum absolute atomic E-state index is 11.6. The van der Waals surface area contributed by atoms with Gasteiger partial charge in [-0.05, 0) is 25.5 Å². The van der Waals surface area contributed by atoms with Crippen LogP contribution in [0, 0.1) is 0 Å². The van der Waals surface area contributed by atoms with Crippen LogP contribution in [0.1, 0.15) is 13.8 Å². The molecular formula is C12H14O5. The molecule has 1 rings (SSSR count). The largest absolute Gasteiger partial charge is 0.512 e. The van der Waals surface area contributed by atoms with Gasteiger partial charge in [0, 0.05) is 5.57 Å². The van der Waals surface area contributed by atoms with Gasteiger partial charge in [-0.1, -0.05) is 0 Å². The summed E-state index contributed by atoms with van der Waals surface area (Å²) in [6.07, 6.45) is 1.42. The Kier molecular flexibility index (Phi) is 3.73. The molecule has 0 amide bonds. The molecule has 0 unspecified atom stereocenters. The summed E-state index contributed by atoms with van der Waals surface area (Å²) in [6.45, 7) is 3.03. The number of esters is 2. The minimum Gasteiger partial charge on any atom is -0.512 e. The van der Waals surface area contributed by atoms with Gasteiger partial charge in [0.1, 0.15) is 0 Å². The number of methoxy groups -OCH3 is 2. The van der Waals surface area contributed by atoms with Crippen molar-refractivity contribution in [3.8, 4) is 0 Å². The van der Waals surface area contributed by atoms with Crippen molar-refractivity contribution >= 4 is 11.9 Å². The summed E-state index contributed by atoms with van der Waals surface area (Å²) in [5.74, 6) is -1.20. The van der Waals surface area contributed by atoms with Crippen molar-refractivity contribution in [3.63, 3.8) is 0 Å². The van der Waals surface area contributed by atoms with Crippen LogP contribution in [0.15, 0.2) is 34.1 Å². The van der Waals surface area contributed by atoms with E-state index in [4.69, 9.17) is 0 Å². The Balaban J connectivity index is 3.37. The SMILES string of the molecule is COC(=O)C1=CC(=C(C)O)C(C(=O)OC)=C1C. The van der Waals surface area contributed by atoms with E-state index < -0.39 is 11.9 Å². The monoisotopic (exact) mass is 238 g/mol. The number of ether oxygens (including phenoxy) is 2. The summed E-state index contributed by atoms with van der Waals surface area (Å²) in [4.78, 5) is 23.1. The molecule has 0 saturated heterocycles. The number of rotatable bonds is 2. The molecule has 1 N–H and O–H groups in total. The average Bonchev–Trinajstić information content (AvgIpc) is 2.65. The van der Waals surface area contributed by atoms with E-state index in [0.29, 0.717) is 5.57 Å². The first-order valence-corrected chi connectivity index (χ1v) is 4.93. The van der Waals surface area contributed by atoms with Gasteiger partial charge < -0.3 is 14.6 Å². The fourth-order valence-electron chi connectivity index (χ4n) is 1.63. The summed E-state index contributed by atoms with van der Waals surface area (Å²) >= 11 is 0. The summed E-state index contributed by atoms with van der Waals surface area (Å²) < 4.78 is 9.22. The third-order valence-corrected chi connectivity index (χ3v) is 2.52. The molecule has 0 fully saturated rings. The zero-order valence-electron chi connectivity index (χ0n) is 10.2. The predicted octanol–water partition coefficient (Wildman–Crippen LogP) is 1.42. The molecule has 17 heavy (non-hydrogen) atoms. The molecule has 0 aromatic heterocycles. The second-order valence-electron chi connectivity index (χ2n) is 3.54. The highest BCUT2D eigenvalue weighted by atomic mass is 16.5. The number of allylic oxidation sites excluding steroid dienone is 2. The van der Waals surface area contributed by atoms with Gasteiger partial charge in [-0.15, -0.1) is 0 Å². The molecule has 5 heteroatoms. The molecule has 0 bridgehead atoms. The van der Waals surface area contributed by atoms with E-state index in [1.807, 2.05) is 0 Å². The van der Waals surface area contributed by atoms with Crippen LogP contribution in [0.3, 0.4) is 0 Å². The standard InChI is InChI=1S/C12H14O5/c1-6-8(11(14)16-3)5-9(7(2)13)10(6)12(15)17-4/h5,13H,1-4H3. The number of hydrogen-bond donors (Lipinski definition) is 1. The first-order valence-electron chi connectivity index (χ1n) is 4.93. The minimum absolute atomic E-state index is 0.0522. The van der Waals surface area contributed by atoms with Crippen molar-refractivity contribution in [3.05, 3.63) is 34.1 Å². The lowest BCUT2D eigenvalue weighted by atomic mass is 10.1. The molecule has 0 saturated carbocycles. The Labute approximate surface area is 99.0 Å². The number of aliphatic hydroxyl groups excluding tert-OH is 1. The molecule has 5 nitrogen and oxygen atoms in total. The van der Waals surface area contributed by atoms with Gasteiger partial charge in [-0.2, -0.15) is 0 Å². The van der Waals surface area contributed by atoms with Gasteiger partial charge in [0.05, 0.1) is 31.1 Å². The first-order chi connectivity index (χ1) is 7.93. The highest BCUT2D eigenvalue weighted by Gasteiger charge is 2.30. The first kappa shape index (κ1) is 13.0. The Morgan fingerprint density at radius 2 is 1.71 bits per heavy atom. The lowest BCUT2D eigenvalue weighted by Crippen LogP contribution is -2.09. The second kappa shape index (κ2) is 4.86. The van der Waals surface area contributed by atoms with Crippen LogP contribution in [0.2, 0.25) is 0 Å². The van der Waals surface area contributed by atoms with Crippen molar-refractivity contribution in [2.24, 2.45) is 0 Å². The maximum Gasteiger partial charge on any atom is 0.338 e. The number of carbonyl (C=O) groups is 2. The maximum atomic E-state index is 11.6. The van der Waals surface area contributed by atoms with E-state index in [1.54, 1.807) is 6.92 Å². The van der Waals surface area contributed by atoms with Crippen molar-refractivity contribution in [1.29, 1.82) is 0 Å². The topological polar surface area (TPSA) is 72.8 Å². The van der Waals surface area contributed by atoms with Crippen LogP contribution in [0.4, 0.5) is 0 Å². The summed E-state index contributed by atoms with van der Waals surface area (Å²) in [5.41, 5.74) is 1.16. The van der Waals surface area contributed by atoms with Crippen molar-refractivity contribution in [1.82, 2.24) is 0 Å². The van der Waals surface area contributed by atoms with E-state index in [2.05, 4.69) is 9.47 Å². The zero-order valence-corrected chi connectivity index (χ0v) is 10.2. The molecule has 0 aliphatic heterocycles. The minimum atomic E-state index is -0.596. The number of aliphatic hydroxyl groups is 1. The molecule has 0 atom stereocenters. The summed E-state index contributed by atoms with van der Waals surface area (Å²) in [5, 5.41) is 9.50. The molecule has 1 aliphatic carbocycles. The smallest absolute Gasteiger partial charge is 0.338 e. The number of hydrogen-bond acceptors (Lipinski definition) is 5. The molecule has 0 spiro atoms. The Hall–Kier alpha value is -2.04. The Morgan fingerprint density at radius 3 is 2.12 bits per heavy atom. The average molecular weight is 238 g/mol. The van der Waals surface area contributed by atoms with Crippen molar-refractivity contribution in [2.75, 3.05) is 14.2 Å². The van der Waals surface area contributed by atoms with Crippen LogP contribution >= 0.6 is 0 Å². The van der Waals surface area contributed by atoms with Gasteiger partial charge in [-0.3, -0.25) is 0 Å². The predicted molar refractivity (Wildman–Crippen MR) is 60.1 cm³/mol. The summed E-state index contributed by atoms with van der Waals surface area (Å²) in [6, 6.07) is 0. The van der Waals surface area contributed by atoms with Crippen LogP contribution in [0.25, 0.3) is 0 Å². The normalized spacial score (nSPS) is 17.8. The van der Waals surface area contributed by atoms with Gasteiger partial charge in [-0.25, -0.2) is 9.59 Å². The van der Waals surface area contributed by atoms with E-state index in [9.17, 15) is 14.7 Å². The molecule has 0 aromatic carbocycles. The lowest BCUT2D eigenvalue weighted by molar-refractivity contribution is -0.136. The van der Waals surface area contributed by atoms with Crippen LogP contribution in [0.5, 0.6) is 0 Å². The van der Waals surface area contributed by atoms with Crippen molar-refractivity contribution < 1.29 is 24.2 Å². The number of carbonyl (C=O) groups excluding carboxylic acids is 2. The second-order valence-corrected chi connectivity index (χ2v) is 3.54. The van der Waals surface area contributed by atoms with Gasteiger partial charge >= 0.3 is 11.9 Å². The van der Waals surface area contributed by atoms with Gasteiger partial charge in [0.25, 0.3) is 0 Å². The molecule has 1 aliphatic rings. The summed E-state index contributed by atoms with van der Waals surface area (Å²) in [7, 11) is 2.49. The highest BCUT2D eigenvalue weighted by molar-refractivity contribution is 6.05. The highest BCUT2D eigenvalue weighted by Crippen LogP contribution is 2.33. The molecule has 92 valence electrons. The van der Waals surface area contributed by atoms with E-state index in [1.165, 1.54) is 27.2 Å². The quantitative estimate of drug-likeness (QED) is 0.581. The van der Waals surface area contributed by atoms with Crippen LogP contribution < -0.4 is 0 Å². The molecule has 0 aromatic rings. The lowest BCUT2D eigenvalue weighted by Gasteiger charge is -2.05. The van der Waals surface area contributed by atoms with Gasteiger partial charge in [0.2, 0.25) is 0 Å². The fourth-order valence-corrected chi connectivity index (χ4v) is 1.63. The third-order valence-electron chi connectivity index (χ3n) is 2.52. The molecule has 0 heterocycles. The zero-order chi connectivity index (χ0) is 13.2. The van der Waals surface area contributed by atoms with Crippen LogP contribution in [-0.2, 0) is 19.1 Å². The van der Waals surface area contributed by atoms with Gasteiger partial charge in [0.15, 0.2) is 0 Å². The fraction of sp³-hybridized carbons (Fsp3) is 0.333. The van der Waals surface area contributed by atoms with E-state index in [0.717, 1.165) is 0 Å². The van der Waals surface area contributed by atoms with Crippen LogP contribution in [-0.4, -0.2) is 31.3 Å². The van der Waals surface area contributed by atoms with E-state index in [-0.39, 0.29) is 22.5 Å². The Morgan fingerprint density at radius 1 is 1.18 bits per heavy atom. The molecule has 0 radical (unpaired) electrons. The van der Waals surface area contributed by atoms with Crippen molar-refractivity contribution in [2.45, 2.75) is 13.8 Å². The third kappa shape index (κ3) is 2.22. The van der Waals surface area contributed by atoms with E-state index >= 15 is 0 Å². The molecular weight excluding hydrogens is 224 g/mol.